The van der Waals surface area contributed by atoms with E-state index in [1.807, 2.05) is 29.8 Å². The number of thiophene rings is 1. The van der Waals surface area contributed by atoms with Gasteiger partial charge in [-0.3, -0.25) is 15.0 Å². The molecule has 178 valence electrons. The average molecular weight is 496 g/mol. The molecule has 0 spiro atoms. The van der Waals surface area contributed by atoms with Crippen LogP contribution in [0.4, 0.5) is 4.39 Å². The Kier molecular flexibility index (Phi) is 5.11. The average Bonchev–Trinajstić information content (AvgIpc) is 3.70. The number of aromatic nitrogens is 6. The molecule has 7 nitrogen and oxygen atoms in total. The first-order valence-electron chi connectivity index (χ1n) is 11.9. The van der Waals surface area contributed by atoms with Crippen LogP contribution in [0.15, 0.2) is 59.7 Å². The predicted octanol–water partition coefficient (Wildman–Crippen LogP) is 6.03. The fourth-order valence-corrected chi connectivity index (χ4v) is 5.69. The third kappa shape index (κ3) is 3.68. The molecule has 0 radical (unpaired) electrons. The van der Waals surface area contributed by atoms with E-state index >= 15 is 4.39 Å². The smallest absolute Gasteiger partial charge is 0.160 e. The van der Waals surface area contributed by atoms with Gasteiger partial charge in [0.15, 0.2) is 11.5 Å². The van der Waals surface area contributed by atoms with Crippen LogP contribution in [0.5, 0.6) is 0 Å². The van der Waals surface area contributed by atoms with Gasteiger partial charge < -0.3 is 4.98 Å². The highest BCUT2D eigenvalue weighted by molar-refractivity contribution is 7.08. The van der Waals surface area contributed by atoms with Gasteiger partial charge in [-0.2, -0.15) is 16.4 Å². The van der Waals surface area contributed by atoms with Gasteiger partial charge >= 0.3 is 0 Å². The first-order valence-corrected chi connectivity index (χ1v) is 12.9. The highest BCUT2D eigenvalue weighted by atomic mass is 32.1. The van der Waals surface area contributed by atoms with E-state index in [-0.39, 0.29) is 5.82 Å². The number of hydrogen-bond donors (Lipinski definition) is 2. The van der Waals surface area contributed by atoms with Gasteiger partial charge in [0.25, 0.3) is 0 Å². The summed E-state index contributed by atoms with van der Waals surface area (Å²) >= 11 is 1.64. The zero-order valence-corrected chi connectivity index (χ0v) is 20.1. The predicted molar refractivity (Wildman–Crippen MR) is 140 cm³/mol. The molecule has 1 aliphatic rings. The van der Waals surface area contributed by atoms with Crippen molar-refractivity contribution in [2.24, 2.45) is 0 Å². The van der Waals surface area contributed by atoms with Crippen LogP contribution in [-0.2, 0) is 6.54 Å². The monoisotopic (exact) mass is 495 g/mol. The molecule has 1 fully saturated rings. The number of nitrogens with one attached hydrogen (secondary N) is 2. The summed E-state index contributed by atoms with van der Waals surface area (Å²) in [7, 11) is 0. The first-order chi connectivity index (χ1) is 17.7. The van der Waals surface area contributed by atoms with Crippen LogP contribution in [0, 0.1) is 5.82 Å². The molecule has 9 heteroatoms. The number of benzene rings is 1. The van der Waals surface area contributed by atoms with E-state index in [4.69, 9.17) is 4.98 Å². The fraction of sp³-hybridized carbons (Fsp3) is 0.185. The summed E-state index contributed by atoms with van der Waals surface area (Å²) in [6.45, 7) is 3.03. The van der Waals surface area contributed by atoms with Crippen molar-refractivity contribution in [3.05, 3.63) is 71.1 Å². The Labute approximate surface area is 210 Å². The summed E-state index contributed by atoms with van der Waals surface area (Å²) in [5.41, 5.74) is 7.15. The minimum Gasteiger partial charge on any atom is -0.321 e. The lowest BCUT2D eigenvalue weighted by molar-refractivity contribution is 0.331. The molecule has 7 rings (SSSR count). The van der Waals surface area contributed by atoms with Crippen molar-refractivity contribution in [1.82, 2.24) is 35.0 Å². The number of nitrogens with zero attached hydrogens (tertiary/aromatic N) is 5. The third-order valence-electron chi connectivity index (χ3n) is 6.80. The molecular weight excluding hydrogens is 473 g/mol. The maximum atomic E-state index is 15.2. The number of halogens is 1. The SMILES string of the molecule is Fc1cc2[nH]nc(-c3nc4c(-c5ccsc5)ccnc4[nH]3)c2cc1-c1cncc(CN2CCCC2)c1. The second kappa shape index (κ2) is 8.61. The maximum Gasteiger partial charge on any atom is 0.160 e. The summed E-state index contributed by atoms with van der Waals surface area (Å²) in [6, 6.07) is 9.39. The van der Waals surface area contributed by atoms with E-state index < -0.39 is 0 Å². The lowest BCUT2D eigenvalue weighted by atomic mass is 10.0. The number of pyridine rings is 2. The van der Waals surface area contributed by atoms with Crippen molar-refractivity contribution in [2.75, 3.05) is 13.1 Å². The zero-order valence-electron chi connectivity index (χ0n) is 19.3. The highest BCUT2D eigenvalue weighted by Crippen LogP contribution is 2.34. The summed E-state index contributed by atoms with van der Waals surface area (Å²) in [6.07, 6.45) is 7.82. The van der Waals surface area contributed by atoms with Crippen molar-refractivity contribution < 1.29 is 4.39 Å². The fourth-order valence-electron chi connectivity index (χ4n) is 5.03. The van der Waals surface area contributed by atoms with Crippen molar-refractivity contribution in [3.8, 4) is 33.8 Å². The number of likely N-dealkylation sites (tertiary alicyclic amines) is 1. The molecule has 0 atom stereocenters. The van der Waals surface area contributed by atoms with Crippen LogP contribution < -0.4 is 0 Å². The number of aromatic amines is 2. The lowest BCUT2D eigenvalue weighted by Crippen LogP contribution is -2.18. The van der Waals surface area contributed by atoms with Gasteiger partial charge in [-0.25, -0.2) is 14.4 Å². The molecule has 2 N–H and O–H groups in total. The normalized spacial score (nSPS) is 14.4. The molecule has 1 aliphatic heterocycles. The summed E-state index contributed by atoms with van der Waals surface area (Å²) in [5.74, 6) is 0.272. The molecule has 0 saturated carbocycles. The Morgan fingerprint density at radius 1 is 1.03 bits per heavy atom. The van der Waals surface area contributed by atoms with Crippen molar-refractivity contribution in [2.45, 2.75) is 19.4 Å². The van der Waals surface area contributed by atoms with Gasteiger partial charge in [-0.1, -0.05) is 0 Å². The van der Waals surface area contributed by atoms with Gasteiger partial charge in [0.1, 0.15) is 17.0 Å². The summed E-state index contributed by atoms with van der Waals surface area (Å²) in [5, 5.41) is 12.4. The Bertz CT molecular complexity index is 1700. The highest BCUT2D eigenvalue weighted by Gasteiger charge is 2.19. The summed E-state index contributed by atoms with van der Waals surface area (Å²) in [4.78, 5) is 19.4. The zero-order chi connectivity index (χ0) is 24.1. The van der Waals surface area contributed by atoms with E-state index in [2.05, 4.69) is 41.5 Å². The van der Waals surface area contributed by atoms with Crippen molar-refractivity contribution in [3.63, 3.8) is 0 Å². The van der Waals surface area contributed by atoms with Crippen molar-refractivity contribution >= 4 is 33.4 Å². The van der Waals surface area contributed by atoms with Gasteiger partial charge in [-0.05, 0) is 72.1 Å². The van der Waals surface area contributed by atoms with E-state index in [1.54, 1.807) is 23.7 Å². The Hall–Kier alpha value is -3.95. The molecule has 1 aromatic carbocycles. The molecule has 0 unspecified atom stereocenters. The molecule has 6 heterocycles. The minimum absolute atomic E-state index is 0.316. The number of rotatable bonds is 5. The van der Waals surface area contributed by atoms with Crippen LogP contribution in [0.3, 0.4) is 0 Å². The molecule has 0 amide bonds. The van der Waals surface area contributed by atoms with E-state index in [0.717, 1.165) is 52.8 Å². The molecule has 1 saturated heterocycles. The maximum absolute atomic E-state index is 15.2. The van der Waals surface area contributed by atoms with Gasteiger partial charge in [-0.15, -0.1) is 0 Å². The minimum atomic E-state index is -0.316. The second-order valence-corrected chi connectivity index (χ2v) is 9.95. The van der Waals surface area contributed by atoms with Gasteiger partial charge in [0.05, 0.1) is 5.52 Å². The second-order valence-electron chi connectivity index (χ2n) is 9.17. The number of hydrogen-bond acceptors (Lipinski definition) is 6. The Morgan fingerprint density at radius 3 is 2.81 bits per heavy atom. The van der Waals surface area contributed by atoms with Crippen LogP contribution in [-0.4, -0.2) is 48.1 Å². The lowest BCUT2D eigenvalue weighted by Gasteiger charge is -2.15. The largest absolute Gasteiger partial charge is 0.321 e. The quantitative estimate of drug-likeness (QED) is 0.305. The topological polar surface area (TPSA) is 86.4 Å². The van der Waals surface area contributed by atoms with E-state index in [9.17, 15) is 0 Å². The van der Waals surface area contributed by atoms with E-state index in [0.29, 0.717) is 28.2 Å². The van der Waals surface area contributed by atoms with Gasteiger partial charge in [0, 0.05) is 53.3 Å². The molecule has 0 bridgehead atoms. The Balaban J connectivity index is 1.31. The molecule has 36 heavy (non-hydrogen) atoms. The van der Waals surface area contributed by atoms with Crippen LogP contribution in [0.25, 0.3) is 55.8 Å². The van der Waals surface area contributed by atoms with E-state index in [1.165, 1.54) is 18.9 Å². The summed E-state index contributed by atoms with van der Waals surface area (Å²) < 4.78 is 15.2. The van der Waals surface area contributed by atoms with Gasteiger partial charge in [0.2, 0.25) is 0 Å². The van der Waals surface area contributed by atoms with Crippen LogP contribution in [0.2, 0.25) is 0 Å². The van der Waals surface area contributed by atoms with Crippen LogP contribution >= 0.6 is 11.3 Å². The molecule has 6 aromatic rings. The molecule has 5 aromatic heterocycles. The molecule has 0 aliphatic carbocycles. The standard InChI is InChI=1S/C27H22FN7S/c28-22-11-23-21(10-20(22)18-9-16(12-29-13-18)14-35-6-1-2-7-35)25(34-33-23)27-31-24-19(17-4-8-36-15-17)3-5-30-26(24)32-27/h3-5,8-13,15H,1-2,6-7,14H2,(H,33,34)(H,30,31,32). The Morgan fingerprint density at radius 2 is 1.94 bits per heavy atom. The number of H-pyrrole nitrogens is 2. The number of imidazole rings is 1. The first kappa shape index (κ1) is 21.3. The third-order valence-corrected chi connectivity index (χ3v) is 7.49. The number of fused-ring (bicyclic) bond motifs is 2. The molecular formula is C27H22FN7S. The van der Waals surface area contributed by atoms with Crippen LogP contribution in [0.1, 0.15) is 18.4 Å². The van der Waals surface area contributed by atoms with Crippen molar-refractivity contribution in [1.29, 1.82) is 0 Å².